The Morgan fingerprint density at radius 3 is 2.52 bits per heavy atom. The van der Waals surface area contributed by atoms with Crippen LogP contribution in [-0.4, -0.2) is 45.4 Å². The van der Waals surface area contributed by atoms with Crippen molar-refractivity contribution < 1.29 is 33.3 Å². The number of rotatable bonds is 7. The van der Waals surface area contributed by atoms with E-state index in [9.17, 15) is 9.59 Å². The van der Waals surface area contributed by atoms with Gasteiger partial charge in [-0.3, -0.25) is 9.59 Å². The third-order valence-corrected chi connectivity index (χ3v) is 4.32. The predicted molar refractivity (Wildman–Crippen MR) is 105 cm³/mol. The van der Waals surface area contributed by atoms with Crippen molar-refractivity contribution in [1.29, 1.82) is 0 Å². The monoisotopic (exact) mass is 401 g/mol. The van der Waals surface area contributed by atoms with E-state index in [1.54, 1.807) is 43.5 Å². The molecule has 8 heteroatoms. The largest absolute Gasteiger partial charge is 0.497 e. The van der Waals surface area contributed by atoms with Crippen molar-refractivity contribution in [2.75, 3.05) is 32.8 Å². The number of carbonyl (C=O) groups is 2. The minimum Gasteiger partial charge on any atom is -0.497 e. The van der Waals surface area contributed by atoms with E-state index in [1.165, 1.54) is 14.0 Å². The fraction of sp³-hybridized carbons (Fsp3) is 0.333. The number of hydrogen-bond donors (Lipinski definition) is 1. The fourth-order valence-electron chi connectivity index (χ4n) is 2.81. The van der Waals surface area contributed by atoms with Crippen LogP contribution in [0.2, 0.25) is 0 Å². The molecule has 29 heavy (non-hydrogen) atoms. The zero-order valence-electron chi connectivity index (χ0n) is 16.5. The Labute approximate surface area is 168 Å². The summed E-state index contributed by atoms with van der Waals surface area (Å²) in [6, 6.07) is 10.2. The Bertz CT molecular complexity index is 897. The highest BCUT2D eigenvalue weighted by atomic mass is 16.6. The Hall–Kier alpha value is -3.42. The van der Waals surface area contributed by atoms with Crippen LogP contribution in [-0.2, 0) is 20.7 Å². The number of fused-ring (bicyclic) bond motifs is 1. The SMILES string of the molecule is COc1ccc(CC(=O)OC(C)C(=O)Nc2ccc3c(c2)OCCO3)c(OC)c1. The number of esters is 1. The van der Waals surface area contributed by atoms with Crippen LogP contribution in [0.4, 0.5) is 5.69 Å². The van der Waals surface area contributed by atoms with Gasteiger partial charge in [0.2, 0.25) is 0 Å². The molecule has 1 atom stereocenters. The summed E-state index contributed by atoms with van der Waals surface area (Å²) >= 11 is 0. The summed E-state index contributed by atoms with van der Waals surface area (Å²) in [6.07, 6.45) is -1.01. The fourth-order valence-corrected chi connectivity index (χ4v) is 2.81. The average Bonchev–Trinajstić information content (AvgIpc) is 2.73. The maximum atomic E-state index is 12.4. The molecular weight excluding hydrogens is 378 g/mol. The lowest BCUT2D eigenvalue weighted by atomic mass is 10.1. The number of anilines is 1. The number of hydrogen-bond acceptors (Lipinski definition) is 7. The highest BCUT2D eigenvalue weighted by Gasteiger charge is 2.20. The van der Waals surface area contributed by atoms with E-state index < -0.39 is 18.0 Å². The van der Waals surface area contributed by atoms with Gasteiger partial charge in [0.25, 0.3) is 5.91 Å². The molecule has 1 amide bonds. The molecule has 3 rings (SSSR count). The van der Waals surface area contributed by atoms with E-state index in [1.807, 2.05) is 0 Å². The van der Waals surface area contributed by atoms with Crippen molar-refractivity contribution in [3.8, 4) is 23.0 Å². The molecule has 0 aromatic heterocycles. The maximum Gasteiger partial charge on any atom is 0.311 e. The van der Waals surface area contributed by atoms with Crippen LogP contribution < -0.4 is 24.3 Å². The zero-order valence-corrected chi connectivity index (χ0v) is 16.5. The Morgan fingerprint density at radius 1 is 1.03 bits per heavy atom. The lowest BCUT2D eigenvalue weighted by molar-refractivity contribution is -0.152. The molecule has 0 saturated carbocycles. The summed E-state index contributed by atoms with van der Waals surface area (Å²) in [5, 5.41) is 2.71. The maximum absolute atomic E-state index is 12.4. The van der Waals surface area contributed by atoms with Crippen molar-refractivity contribution in [2.45, 2.75) is 19.4 Å². The quantitative estimate of drug-likeness (QED) is 0.713. The highest BCUT2D eigenvalue weighted by molar-refractivity contribution is 5.95. The molecule has 1 aliphatic rings. The van der Waals surface area contributed by atoms with Crippen LogP contribution in [0.25, 0.3) is 0 Å². The molecule has 154 valence electrons. The molecule has 8 nitrogen and oxygen atoms in total. The van der Waals surface area contributed by atoms with Gasteiger partial charge in [-0.25, -0.2) is 0 Å². The molecule has 0 bridgehead atoms. The van der Waals surface area contributed by atoms with Crippen LogP contribution >= 0.6 is 0 Å². The third-order valence-electron chi connectivity index (χ3n) is 4.32. The molecule has 1 unspecified atom stereocenters. The van der Waals surface area contributed by atoms with Gasteiger partial charge in [0.1, 0.15) is 24.7 Å². The van der Waals surface area contributed by atoms with Crippen LogP contribution in [0.3, 0.4) is 0 Å². The van der Waals surface area contributed by atoms with Crippen molar-refractivity contribution in [2.24, 2.45) is 0 Å². The summed E-state index contributed by atoms with van der Waals surface area (Å²) in [7, 11) is 3.05. The summed E-state index contributed by atoms with van der Waals surface area (Å²) in [6.45, 7) is 2.45. The molecule has 1 aliphatic heterocycles. The smallest absolute Gasteiger partial charge is 0.311 e. The van der Waals surface area contributed by atoms with E-state index in [2.05, 4.69) is 5.32 Å². The van der Waals surface area contributed by atoms with Gasteiger partial charge in [0, 0.05) is 23.4 Å². The molecule has 0 radical (unpaired) electrons. The first-order valence-electron chi connectivity index (χ1n) is 9.11. The second-order valence-corrected chi connectivity index (χ2v) is 6.33. The first kappa shape index (κ1) is 20.3. The molecule has 1 heterocycles. The normalized spacial score (nSPS) is 13.2. The molecule has 0 fully saturated rings. The van der Waals surface area contributed by atoms with Crippen LogP contribution in [0.15, 0.2) is 36.4 Å². The number of carbonyl (C=O) groups excluding carboxylic acids is 2. The van der Waals surface area contributed by atoms with Gasteiger partial charge in [0.15, 0.2) is 17.6 Å². The third kappa shape index (κ3) is 5.10. The topological polar surface area (TPSA) is 92.3 Å². The number of ether oxygens (including phenoxy) is 5. The molecule has 2 aromatic carbocycles. The van der Waals surface area contributed by atoms with E-state index in [0.717, 1.165) is 0 Å². The van der Waals surface area contributed by atoms with Crippen molar-refractivity contribution in [3.05, 3.63) is 42.0 Å². The lowest BCUT2D eigenvalue weighted by Crippen LogP contribution is -2.30. The van der Waals surface area contributed by atoms with Crippen molar-refractivity contribution >= 4 is 17.6 Å². The molecule has 0 saturated heterocycles. The number of amides is 1. The summed E-state index contributed by atoms with van der Waals surface area (Å²) in [4.78, 5) is 24.6. The van der Waals surface area contributed by atoms with Gasteiger partial charge in [-0.15, -0.1) is 0 Å². The second-order valence-electron chi connectivity index (χ2n) is 6.33. The van der Waals surface area contributed by atoms with Gasteiger partial charge in [-0.05, 0) is 25.1 Å². The summed E-state index contributed by atoms with van der Waals surface area (Å²) in [5.74, 6) is 1.32. The van der Waals surface area contributed by atoms with Crippen molar-refractivity contribution in [3.63, 3.8) is 0 Å². The molecular formula is C21H23NO7. The highest BCUT2D eigenvalue weighted by Crippen LogP contribution is 2.32. The molecule has 2 aromatic rings. The molecule has 0 spiro atoms. The van der Waals surface area contributed by atoms with Crippen LogP contribution in [0.1, 0.15) is 12.5 Å². The average molecular weight is 401 g/mol. The second kappa shape index (κ2) is 9.18. The summed E-state index contributed by atoms with van der Waals surface area (Å²) < 4.78 is 26.6. The van der Waals surface area contributed by atoms with Crippen LogP contribution in [0.5, 0.6) is 23.0 Å². The summed E-state index contributed by atoms with van der Waals surface area (Å²) in [5.41, 5.74) is 1.16. The molecule has 1 N–H and O–H groups in total. The number of methoxy groups -OCH3 is 2. The number of nitrogens with one attached hydrogen (secondary N) is 1. The standard InChI is InChI=1S/C21H23NO7/c1-13(21(24)22-15-5-7-17-19(11-15)28-9-8-27-17)29-20(23)10-14-4-6-16(25-2)12-18(14)26-3/h4-7,11-13H,8-10H2,1-3H3,(H,22,24). The van der Waals surface area contributed by atoms with E-state index in [4.69, 9.17) is 23.7 Å². The Morgan fingerprint density at radius 2 is 1.79 bits per heavy atom. The predicted octanol–water partition coefficient (Wildman–Crippen LogP) is 2.59. The Balaban J connectivity index is 1.57. The first-order chi connectivity index (χ1) is 14.0. The number of benzene rings is 2. The van der Waals surface area contributed by atoms with Crippen LogP contribution in [0, 0.1) is 0 Å². The Kier molecular flexibility index (Phi) is 6.43. The zero-order chi connectivity index (χ0) is 20.8. The first-order valence-corrected chi connectivity index (χ1v) is 9.11. The minimum atomic E-state index is -0.972. The van der Waals surface area contributed by atoms with Crippen molar-refractivity contribution in [1.82, 2.24) is 0 Å². The van der Waals surface area contributed by atoms with Gasteiger partial charge < -0.3 is 29.0 Å². The van der Waals surface area contributed by atoms with Gasteiger partial charge >= 0.3 is 5.97 Å². The van der Waals surface area contributed by atoms with E-state index in [-0.39, 0.29) is 6.42 Å². The van der Waals surface area contributed by atoms with Gasteiger partial charge in [-0.2, -0.15) is 0 Å². The lowest BCUT2D eigenvalue weighted by Gasteiger charge is -2.19. The van der Waals surface area contributed by atoms with Gasteiger partial charge in [0.05, 0.1) is 20.6 Å². The molecule has 0 aliphatic carbocycles. The van der Waals surface area contributed by atoms with Gasteiger partial charge in [-0.1, -0.05) is 6.07 Å². The minimum absolute atomic E-state index is 0.0329. The van der Waals surface area contributed by atoms with E-state index >= 15 is 0 Å². The van der Waals surface area contributed by atoms with E-state index in [0.29, 0.717) is 47.5 Å².